The van der Waals surface area contributed by atoms with E-state index in [0.717, 1.165) is 29.5 Å². The van der Waals surface area contributed by atoms with E-state index in [0.29, 0.717) is 0 Å². The number of H-pyrrole nitrogens is 2. The smallest absolute Gasteiger partial charge is 0.155 e. The summed E-state index contributed by atoms with van der Waals surface area (Å²) < 4.78 is 0. The number of aromatic amines is 2. The third kappa shape index (κ3) is 1.47. The molecule has 2 rings (SSSR count). The molecule has 0 aromatic carbocycles. The molecule has 0 aliphatic heterocycles. The first-order valence-electron chi connectivity index (χ1n) is 4.36. The lowest BCUT2D eigenvalue weighted by molar-refractivity contribution is 0.989. The number of hydrogen-bond acceptors (Lipinski definition) is 2. The van der Waals surface area contributed by atoms with Crippen LogP contribution in [0.2, 0.25) is 0 Å². The van der Waals surface area contributed by atoms with Gasteiger partial charge in [0.2, 0.25) is 0 Å². The predicted molar refractivity (Wildman–Crippen MR) is 50.3 cm³/mol. The van der Waals surface area contributed by atoms with Crippen molar-refractivity contribution in [1.82, 2.24) is 19.9 Å². The van der Waals surface area contributed by atoms with Crippen molar-refractivity contribution in [2.24, 2.45) is 0 Å². The Morgan fingerprint density at radius 1 is 1.46 bits per heavy atom. The van der Waals surface area contributed by atoms with Crippen molar-refractivity contribution in [3.05, 3.63) is 23.9 Å². The van der Waals surface area contributed by atoms with Crippen LogP contribution in [-0.2, 0) is 6.42 Å². The molecule has 0 bridgehead atoms. The summed E-state index contributed by atoms with van der Waals surface area (Å²) in [5.41, 5.74) is 1.94. The van der Waals surface area contributed by atoms with Crippen molar-refractivity contribution in [1.29, 1.82) is 0 Å². The van der Waals surface area contributed by atoms with E-state index < -0.39 is 0 Å². The van der Waals surface area contributed by atoms with Gasteiger partial charge in [-0.25, -0.2) is 9.97 Å². The predicted octanol–water partition coefficient (Wildman–Crippen LogP) is 1.67. The quantitative estimate of drug-likeness (QED) is 0.731. The van der Waals surface area contributed by atoms with Crippen molar-refractivity contribution in [2.75, 3.05) is 0 Å². The Balaban J connectivity index is 2.35. The maximum Gasteiger partial charge on any atom is 0.155 e. The molecule has 13 heavy (non-hydrogen) atoms. The second-order valence-electron chi connectivity index (χ2n) is 2.99. The molecule has 0 atom stereocenters. The Bertz CT molecular complexity index is 399. The highest BCUT2D eigenvalue weighted by molar-refractivity contribution is 5.48. The van der Waals surface area contributed by atoms with Gasteiger partial charge >= 0.3 is 0 Å². The van der Waals surface area contributed by atoms with E-state index in [1.54, 1.807) is 6.20 Å². The summed E-state index contributed by atoms with van der Waals surface area (Å²) in [5.74, 6) is 1.84. The number of aryl methyl sites for hydroxylation is 2. The van der Waals surface area contributed by atoms with Crippen LogP contribution in [-0.4, -0.2) is 19.9 Å². The Hall–Kier alpha value is -1.58. The van der Waals surface area contributed by atoms with Crippen molar-refractivity contribution in [2.45, 2.75) is 20.3 Å². The fourth-order valence-electron chi connectivity index (χ4n) is 1.21. The van der Waals surface area contributed by atoms with Gasteiger partial charge in [-0.1, -0.05) is 6.92 Å². The number of nitrogens with one attached hydrogen (secondary N) is 2. The summed E-state index contributed by atoms with van der Waals surface area (Å²) in [5, 5.41) is 0. The molecular formula is C9H12N4. The van der Waals surface area contributed by atoms with Crippen molar-refractivity contribution < 1.29 is 0 Å². The lowest BCUT2D eigenvalue weighted by atomic mass is 10.4. The number of hydrogen-bond donors (Lipinski definition) is 2. The third-order valence-corrected chi connectivity index (χ3v) is 1.92. The summed E-state index contributed by atoms with van der Waals surface area (Å²) in [4.78, 5) is 14.8. The van der Waals surface area contributed by atoms with Crippen LogP contribution < -0.4 is 0 Å². The van der Waals surface area contributed by atoms with Crippen LogP contribution in [0.5, 0.6) is 0 Å². The van der Waals surface area contributed by atoms with Gasteiger partial charge < -0.3 is 9.97 Å². The van der Waals surface area contributed by atoms with Gasteiger partial charge in [-0.15, -0.1) is 0 Å². The van der Waals surface area contributed by atoms with E-state index in [9.17, 15) is 0 Å². The fraction of sp³-hybridized carbons (Fsp3) is 0.333. The monoisotopic (exact) mass is 176 g/mol. The molecule has 0 amide bonds. The molecule has 68 valence electrons. The molecule has 0 unspecified atom stereocenters. The average Bonchev–Trinajstić information content (AvgIpc) is 2.71. The normalized spacial score (nSPS) is 10.6. The molecule has 2 aromatic rings. The minimum absolute atomic E-state index is 0.852. The van der Waals surface area contributed by atoms with Crippen molar-refractivity contribution >= 4 is 0 Å². The number of aromatic nitrogens is 4. The average molecular weight is 176 g/mol. The van der Waals surface area contributed by atoms with Crippen LogP contribution in [0.4, 0.5) is 0 Å². The van der Waals surface area contributed by atoms with Gasteiger partial charge in [-0.2, -0.15) is 0 Å². The van der Waals surface area contributed by atoms with Crippen LogP contribution in [0.25, 0.3) is 11.5 Å². The summed E-state index contributed by atoms with van der Waals surface area (Å²) in [6.45, 7) is 4.02. The highest BCUT2D eigenvalue weighted by Gasteiger charge is 2.04. The Labute approximate surface area is 76.4 Å². The van der Waals surface area contributed by atoms with Gasteiger partial charge in [-0.05, 0) is 6.92 Å². The number of imidazole rings is 2. The fourth-order valence-corrected chi connectivity index (χ4v) is 1.21. The van der Waals surface area contributed by atoms with Gasteiger partial charge in [0.1, 0.15) is 11.5 Å². The molecule has 0 saturated heterocycles. The van der Waals surface area contributed by atoms with Crippen LogP contribution >= 0.6 is 0 Å². The van der Waals surface area contributed by atoms with Crippen molar-refractivity contribution in [3.8, 4) is 11.5 Å². The Morgan fingerprint density at radius 2 is 2.31 bits per heavy atom. The maximum absolute atomic E-state index is 4.30. The Kier molecular flexibility index (Phi) is 1.88. The largest absolute Gasteiger partial charge is 0.343 e. The molecule has 0 fully saturated rings. The SMILES string of the molecule is CCc1ncc(-c2nc(C)c[nH]2)[nH]1. The molecule has 0 spiro atoms. The Morgan fingerprint density at radius 3 is 2.85 bits per heavy atom. The van der Waals surface area contributed by atoms with E-state index in [1.807, 2.05) is 13.1 Å². The molecule has 0 saturated carbocycles. The molecule has 4 nitrogen and oxygen atoms in total. The van der Waals surface area contributed by atoms with Gasteiger partial charge in [0, 0.05) is 12.6 Å². The summed E-state index contributed by atoms with van der Waals surface area (Å²) >= 11 is 0. The van der Waals surface area contributed by atoms with Gasteiger partial charge in [0.15, 0.2) is 5.82 Å². The van der Waals surface area contributed by atoms with Crippen molar-refractivity contribution in [3.63, 3.8) is 0 Å². The summed E-state index contributed by atoms with van der Waals surface area (Å²) in [6, 6.07) is 0. The molecule has 0 aliphatic carbocycles. The van der Waals surface area contributed by atoms with E-state index in [-0.39, 0.29) is 0 Å². The van der Waals surface area contributed by atoms with E-state index >= 15 is 0 Å². The third-order valence-electron chi connectivity index (χ3n) is 1.92. The second kappa shape index (κ2) is 3.05. The minimum Gasteiger partial charge on any atom is -0.343 e. The first-order chi connectivity index (χ1) is 6.29. The van der Waals surface area contributed by atoms with Gasteiger partial charge in [-0.3, -0.25) is 0 Å². The lowest BCUT2D eigenvalue weighted by Gasteiger charge is -1.89. The topological polar surface area (TPSA) is 57.4 Å². The summed E-state index contributed by atoms with van der Waals surface area (Å²) in [7, 11) is 0. The zero-order valence-corrected chi connectivity index (χ0v) is 7.76. The maximum atomic E-state index is 4.30. The van der Waals surface area contributed by atoms with Crippen LogP contribution in [0.15, 0.2) is 12.4 Å². The highest BCUT2D eigenvalue weighted by Crippen LogP contribution is 2.12. The van der Waals surface area contributed by atoms with Crippen LogP contribution in [0.1, 0.15) is 18.4 Å². The van der Waals surface area contributed by atoms with Crippen LogP contribution in [0, 0.1) is 6.92 Å². The first kappa shape index (κ1) is 8.04. The minimum atomic E-state index is 0.852. The standard InChI is InChI=1S/C9H12N4/c1-3-8-10-5-7(13-8)9-11-4-6(2)12-9/h4-5H,3H2,1-2H3,(H,10,13)(H,11,12). The molecular weight excluding hydrogens is 164 g/mol. The zero-order valence-electron chi connectivity index (χ0n) is 7.76. The molecule has 4 heteroatoms. The molecule has 2 heterocycles. The molecule has 0 radical (unpaired) electrons. The highest BCUT2D eigenvalue weighted by atomic mass is 15.0. The molecule has 0 aliphatic rings. The second-order valence-corrected chi connectivity index (χ2v) is 2.99. The lowest BCUT2D eigenvalue weighted by Crippen LogP contribution is -1.83. The zero-order chi connectivity index (χ0) is 9.26. The number of rotatable bonds is 2. The first-order valence-corrected chi connectivity index (χ1v) is 4.36. The van der Waals surface area contributed by atoms with E-state index in [2.05, 4.69) is 26.9 Å². The van der Waals surface area contributed by atoms with Gasteiger partial charge in [0.25, 0.3) is 0 Å². The summed E-state index contributed by atoms with van der Waals surface area (Å²) in [6.07, 6.45) is 4.60. The van der Waals surface area contributed by atoms with E-state index in [1.165, 1.54) is 0 Å². The van der Waals surface area contributed by atoms with E-state index in [4.69, 9.17) is 0 Å². The van der Waals surface area contributed by atoms with Crippen LogP contribution in [0.3, 0.4) is 0 Å². The number of nitrogens with zero attached hydrogens (tertiary/aromatic N) is 2. The molecule has 2 N–H and O–H groups in total. The molecule has 2 aromatic heterocycles. The van der Waals surface area contributed by atoms with Gasteiger partial charge in [0.05, 0.1) is 11.9 Å².